The molecule has 1 aromatic rings. The van der Waals surface area contributed by atoms with Crippen LogP contribution in [0.1, 0.15) is 18.4 Å². The van der Waals surface area contributed by atoms with Crippen molar-refractivity contribution in [2.24, 2.45) is 5.73 Å². The predicted octanol–water partition coefficient (Wildman–Crippen LogP) is 1.55. The third-order valence-corrected chi connectivity index (χ3v) is 4.05. The maximum Gasteiger partial charge on any atom is 0.200 e. The lowest BCUT2D eigenvalue weighted by atomic mass is 10.0. The second-order valence-electron chi connectivity index (χ2n) is 3.58. The summed E-state index contributed by atoms with van der Waals surface area (Å²) in [5, 5.41) is 1.37. The quantitative estimate of drug-likeness (QED) is 0.845. The van der Waals surface area contributed by atoms with E-state index in [-0.39, 0.29) is 0 Å². The molecular formula is C11H13NO2S. The Morgan fingerprint density at radius 2 is 1.93 bits per heavy atom. The van der Waals surface area contributed by atoms with Gasteiger partial charge in [-0.25, -0.2) is 8.42 Å². The van der Waals surface area contributed by atoms with E-state index in [1.54, 1.807) is 12.1 Å². The standard InChI is InChI=1S/C11H13NO2S/c12-7-3-4-9-8-15(13,14)11-6-2-1-5-10(9)11/h1-2,5-6,8H,3-4,7,12H2. The molecule has 4 heteroatoms. The van der Waals surface area contributed by atoms with Crippen LogP contribution in [0.4, 0.5) is 0 Å². The van der Waals surface area contributed by atoms with Crippen molar-refractivity contribution in [3.8, 4) is 0 Å². The molecule has 0 saturated carbocycles. The molecule has 0 aromatic heterocycles. The Balaban J connectivity index is 2.44. The van der Waals surface area contributed by atoms with Gasteiger partial charge in [0, 0.05) is 5.41 Å². The summed E-state index contributed by atoms with van der Waals surface area (Å²) in [6.07, 6.45) is 1.54. The molecule has 0 atom stereocenters. The Kier molecular flexibility index (Phi) is 2.63. The van der Waals surface area contributed by atoms with Gasteiger partial charge in [-0.05, 0) is 36.6 Å². The van der Waals surface area contributed by atoms with Gasteiger partial charge in [-0.3, -0.25) is 0 Å². The first-order chi connectivity index (χ1) is 7.15. The highest BCUT2D eigenvalue weighted by molar-refractivity contribution is 7.95. The van der Waals surface area contributed by atoms with E-state index in [0.717, 1.165) is 24.0 Å². The third-order valence-electron chi connectivity index (χ3n) is 2.49. The molecule has 1 aliphatic heterocycles. The zero-order valence-electron chi connectivity index (χ0n) is 8.31. The number of nitrogens with two attached hydrogens (primary N) is 1. The van der Waals surface area contributed by atoms with Crippen LogP contribution >= 0.6 is 0 Å². The van der Waals surface area contributed by atoms with Crippen molar-refractivity contribution < 1.29 is 8.42 Å². The Bertz CT molecular complexity index is 503. The van der Waals surface area contributed by atoms with Gasteiger partial charge in [0.15, 0.2) is 0 Å². The normalized spacial score (nSPS) is 17.3. The van der Waals surface area contributed by atoms with Crippen LogP contribution in [0.2, 0.25) is 0 Å². The molecular weight excluding hydrogens is 210 g/mol. The molecule has 2 rings (SSSR count). The van der Waals surface area contributed by atoms with E-state index in [0.29, 0.717) is 11.4 Å². The predicted molar refractivity (Wildman–Crippen MR) is 59.9 cm³/mol. The van der Waals surface area contributed by atoms with Crippen molar-refractivity contribution in [3.05, 3.63) is 35.2 Å². The van der Waals surface area contributed by atoms with Crippen LogP contribution in [-0.2, 0) is 9.84 Å². The van der Waals surface area contributed by atoms with Crippen LogP contribution in [0.25, 0.3) is 5.57 Å². The van der Waals surface area contributed by atoms with Crippen LogP contribution in [-0.4, -0.2) is 15.0 Å². The van der Waals surface area contributed by atoms with E-state index in [1.807, 2.05) is 12.1 Å². The molecule has 3 nitrogen and oxygen atoms in total. The summed E-state index contributed by atoms with van der Waals surface area (Å²) in [5.74, 6) is 0. The van der Waals surface area contributed by atoms with Crippen molar-refractivity contribution in [3.63, 3.8) is 0 Å². The number of sulfone groups is 1. The van der Waals surface area contributed by atoms with Crippen molar-refractivity contribution in [1.82, 2.24) is 0 Å². The molecule has 1 aromatic carbocycles. The van der Waals surface area contributed by atoms with E-state index in [2.05, 4.69) is 0 Å². The summed E-state index contributed by atoms with van der Waals surface area (Å²) in [7, 11) is -3.19. The molecule has 0 bridgehead atoms. The number of allylic oxidation sites excluding steroid dienone is 1. The van der Waals surface area contributed by atoms with Gasteiger partial charge in [0.05, 0.1) is 4.90 Å². The van der Waals surface area contributed by atoms with Crippen molar-refractivity contribution >= 4 is 15.4 Å². The van der Waals surface area contributed by atoms with E-state index >= 15 is 0 Å². The minimum atomic E-state index is -3.19. The molecule has 15 heavy (non-hydrogen) atoms. The fraction of sp³-hybridized carbons (Fsp3) is 0.273. The number of fused-ring (bicyclic) bond motifs is 1. The van der Waals surface area contributed by atoms with Crippen LogP contribution in [0.3, 0.4) is 0 Å². The Morgan fingerprint density at radius 3 is 2.67 bits per heavy atom. The van der Waals surface area contributed by atoms with E-state index < -0.39 is 9.84 Å². The second kappa shape index (κ2) is 3.79. The highest BCUT2D eigenvalue weighted by Crippen LogP contribution is 2.35. The Morgan fingerprint density at radius 1 is 1.20 bits per heavy atom. The van der Waals surface area contributed by atoms with E-state index in [9.17, 15) is 8.42 Å². The maximum atomic E-state index is 11.7. The van der Waals surface area contributed by atoms with Crippen LogP contribution < -0.4 is 5.73 Å². The highest BCUT2D eigenvalue weighted by atomic mass is 32.2. The monoisotopic (exact) mass is 223 g/mol. The summed E-state index contributed by atoms with van der Waals surface area (Å²) in [6, 6.07) is 7.10. The lowest BCUT2D eigenvalue weighted by molar-refractivity contribution is 0.605. The number of benzene rings is 1. The number of hydrogen-bond donors (Lipinski definition) is 1. The lowest BCUT2D eigenvalue weighted by Gasteiger charge is -2.02. The molecule has 2 N–H and O–H groups in total. The molecule has 0 saturated heterocycles. The summed E-state index contributed by atoms with van der Waals surface area (Å²) >= 11 is 0. The highest BCUT2D eigenvalue weighted by Gasteiger charge is 2.25. The third kappa shape index (κ3) is 1.82. The van der Waals surface area contributed by atoms with Gasteiger partial charge in [-0.2, -0.15) is 0 Å². The number of rotatable bonds is 3. The molecule has 0 amide bonds. The second-order valence-corrected chi connectivity index (χ2v) is 5.34. The SMILES string of the molecule is NCCCC1=CS(=O)(=O)c2ccccc21. The summed E-state index contributed by atoms with van der Waals surface area (Å²) in [6.45, 7) is 0.583. The van der Waals surface area contributed by atoms with Gasteiger partial charge in [-0.1, -0.05) is 18.2 Å². The Labute approximate surface area is 89.5 Å². The van der Waals surface area contributed by atoms with E-state index in [1.165, 1.54) is 5.41 Å². The summed E-state index contributed by atoms with van der Waals surface area (Å²) < 4.78 is 23.4. The fourth-order valence-electron chi connectivity index (χ4n) is 1.78. The van der Waals surface area contributed by atoms with Gasteiger partial charge < -0.3 is 5.73 Å². The molecule has 0 radical (unpaired) electrons. The smallest absolute Gasteiger partial charge is 0.200 e. The fourth-order valence-corrected chi connectivity index (χ4v) is 3.30. The molecule has 1 aliphatic rings. The molecule has 0 unspecified atom stereocenters. The molecule has 80 valence electrons. The van der Waals surface area contributed by atoms with Crippen molar-refractivity contribution in [1.29, 1.82) is 0 Å². The average molecular weight is 223 g/mol. The van der Waals surface area contributed by atoms with Crippen LogP contribution in [0.15, 0.2) is 34.6 Å². The van der Waals surface area contributed by atoms with Gasteiger partial charge in [0.25, 0.3) is 0 Å². The summed E-state index contributed by atoms with van der Waals surface area (Å²) in [5.41, 5.74) is 7.14. The summed E-state index contributed by atoms with van der Waals surface area (Å²) in [4.78, 5) is 0.428. The Hall–Kier alpha value is -1.13. The minimum Gasteiger partial charge on any atom is -0.330 e. The first-order valence-electron chi connectivity index (χ1n) is 4.90. The molecule has 0 aliphatic carbocycles. The molecule has 1 heterocycles. The van der Waals surface area contributed by atoms with Gasteiger partial charge in [0.1, 0.15) is 0 Å². The largest absolute Gasteiger partial charge is 0.330 e. The lowest BCUT2D eigenvalue weighted by Crippen LogP contribution is -1.98. The zero-order chi connectivity index (χ0) is 10.9. The van der Waals surface area contributed by atoms with Gasteiger partial charge in [0.2, 0.25) is 9.84 Å². The first-order valence-corrected chi connectivity index (χ1v) is 6.45. The zero-order valence-corrected chi connectivity index (χ0v) is 9.13. The van der Waals surface area contributed by atoms with Crippen LogP contribution in [0.5, 0.6) is 0 Å². The topological polar surface area (TPSA) is 60.2 Å². The molecule has 0 fully saturated rings. The van der Waals surface area contributed by atoms with Gasteiger partial charge >= 0.3 is 0 Å². The van der Waals surface area contributed by atoms with Crippen molar-refractivity contribution in [2.75, 3.05) is 6.54 Å². The minimum absolute atomic E-state index is 0.428. The average Bonchev–Trinajstić information content (AvgIpc) is 2.49. The van der Waals surface area contributed by atoms with Gasteiger partial charge in [-0.15, -0.1) is 0 Å². The van der Waals surface area contributed by atoms with E-state index in [4.69, 9.17) is 5.73 Å². The molecule has 0 spiro atoms. The maximum absolute atomic E-state index is 11.7. The first kappa shape index (κ1) is 10.4. The number of hydrogen-bond acceptors (Lipinski definition) is 3. The van der Waals surface area contributed by atoms with Crippen molar-refractivity contribution in [2.45, 2.75) is 17.7 Å². The van der Waals surface area contributed by atoms with Crippen LogP contribution in [0, 0.1) is 0 Å².